The number of rotatable bonds is 2. The summed E-state index contributed by atoms with van der Waals surface area (Å²) < 4.78 is 13.2. The second-order valence-corrected chi connectivity index (χ2v) is 3.50. The molecule has 1 aromatic rings. The van der Waals surface area contributed by atoms with Crippen molar-refractivity contribution in [3.63, 3.8) is 0 Å². The van der Waals surface area contributed by atoms with Crippen LogP contribution >= 0.6 is 0 Å². The quantitative estimate of drug-likeness (QED) is 0.705. The lowest BCUT2D eigenvalue weighted by Crippen LogP contribution is -2.14. The van der Waals surface area contributed by atoms with Crippen LogP contribution in [0.2, 0.25) is 0 Å². The van der Waals surface area contributed by atoms with Crippen molar-refractivity contribution in [2.45, 2.75) is 12.8 Å². The minimum absolute atomic E-state index is 0.0759. The fourth-order valence-electron chi connectivity index (χ4n) is 1.21. The number of amides is 1. The Hall–Kier alpha value is -1.58. The number of nitrogens with one attached hydrogen (secondary N) is 1. The Kier molecular flexibility index (Phi) is 2.11. The molecule has 1 aliphatic rings. The van der Waals surface area contributed by atoms with Gasteiger partial charge in [-0.3, -0.25) is 4.79 Å². The van der Waals surface area contributed by atoms with Crippen molar-refractivity contribution in [2.75, 3.05) is 11.1 Å². The molecule has 0 spiro atoms. The van der Waals surface area contributed by atoms with E-state index in [0.29, 0.717) is 5.69 Å². The van der Waals surface area contributed by atoms with Gasteiger partial charge in [-0.1, -0.05) is 0 Å². The second kappa shape index (κ2) is 3.29. The van der Waals surface area contributed by atoms with E-state index in [4.69, 9.17) is 5.73 Å². The Morgan fingerprint density at radius 1 is 1.50 bits per heavy atom. The van der Waals surface area contributed by atoms with Crippen molar-refractivity contribution in [1.82, 2.24) is 0 Å². The largest absolute Gasteiger partial charge is 0.399 e. The highest BCUT2D eigenvalue weighted by Crippen LogP contribution is 2.30. The van der Waals surface area contributed by atoms with Crippen LogP contribution in [0.1, 0.15) is 12.8 Å². The topological polar surface area (TPSA) is 55.1 Å². The van der Waals surface area contributed by atoms with Crippen LogP contribution in [0.3, 0.4) is 0 Å². The van der Waals surface area contributed by atoms with Crippen molar-refractivity contribution in [3.05, 3.63) is 24.0 Å². The molecule has 0 atom stereocenters. The van der Waals surface area contributed by atoms with Gasteiger partial charge in [0.25, 0.3) is 0 Å². The number of nitrogens with two attached hydrogens (primary N) is 1. The van der Waals surface area contributed by atoms with Crippen LogP contribution in [0.4, 0.5) is 15.8 Å². The maximum absolute atomic E-state index is 13.2. The lowest BCUT2D eigenvalue weighted by atomic mass is 10.2. The molecule has 74 valence electrons. The molecule has 14 heavy (non-hydrogen) atoms. The smallest absolute Gasteiger partial charge is 0.227 e. The normalized spacial score (nSPS) is 15.2. The fraction of sp³-hybridized carbons (Fsp3) is 0.300. The Labute approximate surface area is 81.1 Å². The molecule has 1 aliphatic carbocycles. The maximum Gasteiger partial charge on any atom is 0.227 e. The highest BCUT2D eigenvalue weighted by molar-refractivity contribution is 5.94. The van der Waals surface area contributed by atoms with Gasteiger partial charge in [0, 0.05) is 11.6 Å². The summed E-state index contributed by atoms with van der Waals surface area (Å²) in [4.78, 5) is 11.3. The number of benzene rings is 1. The van der Waals surface area contributed by atoms with E-state index >= 15 is 0 Å². The maximum atomic E-state index is 13.2. The molecule has 3 nitrogen and oxygen atoms in total. The summed E-state index contributed by atoms with van der Waals surface area (Å²) in [6, 6.07) is 4.24. The summed E-state index contributed by atoms with van der Waals surface area (Å²) in [6.45, 7) is 0. The van der Waals surface area contributed by atoms with Gasteiger partial charge in [-0.05, 0) is 31.0 Å². The van der Waals surface area contributed by atoms with Crippen LogP contribution in [0.15, 0.2) is 18.2 Å². The van der Waals surface area contributed by atoms with E-state index in [9.17, 15) is 9.18 Å². The third-order valence-corrected chi connectivity index (χ3v) is 2.20. The fourth-order valence-corrected chi connectivity index (χ4v) is 1.21. The molecular weight excluding hydrogens is 183 g/mol. The first-order valence-corrected chi connectivity index (χ1v) is 4.52. The molecule has 2 rings (SSSR count). The Bertz CT molecular complexity index is 374. The van der Waals surface area contributed by atoms with Gasteiger partial charge in [0.15, 0.2) is 0 Å². The molecule has 0 heterocycles. The van der Waals surface area contributed by atoms with Crippen LogP contribution in [0, 0.1) is 11.7 Å². The van der Waals surface area contributed by atoms with E-state index in [-0.39, 0.29) is 17.5 Å². The van der Waals surface area contributed by atoms with Gasteiger partial charge in [0.1, 0.15) is 5.82 Å². The third-order valence-electron chi connectivity index (χ3n) is 2.20. The highest BCUT2D eigenvalue weighted by atomic mass is 19.1. The lowest BCUT2D eigenvalue weighted by molar-refractivity contribution is -0.117. The molecule has 1 aromatic carbocycles. The number of hydrogen-bond donors (Lipinski definition) is 2. The number of halogens is 1. The molecule has 1 saturated carbocycles. The number of nitrogen functional groups attached to an aromatic ring is 1. The van der Waals surface area contributed by atoms with E-state index in [2.05, 4.69) is 5.32 Å². The monoisotopic (exact) mass is 194 g/mol. The van der Waals surface area contributed by atoms with Gasteiger partial charge in [0.2, 0.25) is 5.91 Å². The predicted octanol–water partition coefficient (Wildman–Crippen LogP) is 1.76. The van der Waals surface area contributed by atoms with Crippen LogP contribution in [-0.2, 0) is 4.79 Å². The molecule has 0 bridgehead atoms. The second-order valence-electron chi connectivity index (χ2n) is 3.50. The molecule has 3 N–H and O–H groups in total. The van der Waals surface area contributed by atoms with E-state index in [1.165, 1.54) is 12.1 Å². The van der Waals surface area contributed by atoms with Crippen molar-refractivity contribution in [3.8, 4) is 0 Å². The van der Waals surface area contributed by atoms with Crippen molar-refractivity contribution in [2.24, 2.45) is 5.92 Å². The number of hydrogen-bond acceptors (Lipinski definition) is 2. The molecule has 0 aliphatic heterocycles. The van der Waals surface area contributed by atoms with Crippen molar-refractivity contribution >= 4 is 17.3 Å². The minimum Gasteiger partial charge on any atom is -0.399 e. The molecule has 1 amide bonds. The standard InChI is InChI=1S/C10H11FN2O/c11-8-5-7(12)3-4-9(8)13-10(14)6-1-2-6/h3-6H,1-2,12H2,(H,13,14). The first kappa shape index (κ1) is 8.99. The van der Waals surface area contributed by atoms with Gasteiger partial charge in [-0.25, -0.2) is 4.39 Å². The molecule has 0 saturated heterocycles. The average molecular weight is 194 g/mol. The van der Waals surface area contributed by atoms with E-state index in [0.717, 1.165) is 12.8 Å². The van der Waals surface area contributed by atoms with Crippen LogP contribution in [0.25, 0.3) is 0 Å². The predicted molar refractivity (Wildman–Crippen MR) is 52.2 cm³/mol. The summed E-state index contributed by atoms with van der Waals surface area (Å²) in [7, 11) is 0. The van der Waals surface area contributed by atoms with Crippen LogP contribution < -0.4 is 11.1 Å². The molecule has 0 aromatic heterocycles. The third kappa shape index (κ3) is 1.84. The number of carbonyl (C=O) groups is 1. The highest BCUT2D eigenvalue weighted by Gasteiger charge is 2.29. The number of carbonyl (C=O) groups excluding carboxylic acids is 1. The first-order valence-electron chi connectivity index (χ1n) is 4.52. The zero-order valence-electron chi connectivity index (χ0n) is 7.59. The van der Waals surface area contributed by atoms with Gasteiger partial charge < -0.3 is 11.1 Å². The summed E-state index contributed by atoms with van der Waals surface area (Å²) in [6.07, 6.45) is 1.81. The van der Waals surface area contributed by atoms with Gasteiger partial charge >= 0.3 is 0 Å². The van der Waals surface area contributed by atoms with Crippen molar-refractivity contribution in [1.29, 1.82) is 0 Å². The number of anilines is 2. The summed E-state index contributed by atoms with van der Waals surface area (Å²) in [5.74, 6) is -0.514. The van der Waals surface area contributed by atoms with Gasteiger partial charge in [0.05, 0.1) is 5.69 Å². The van der Waals surface area contributed by atoms with E-state index in [1.807, 2.05) is 0 Å². The lowest BCUT2D eigenvalue weighted by Gasteiger charge is -2.05. The van der Waals surface area contributed by atoms with Gasteiger partial charge in [-0.2, -0.15) is 0 Å². The molecule has 0 unspecified atom stereocenters. The van der Waals surface area contributed by atoms with Crippen LogP contribution in [-0.4, -0.2) is 5.91 Å². The SMILES string of the molecule is Nc1ccc(NC(=O)C2CC2)c(F)c1. The zero-order valence-corrected chi connectivity index (χ0v) is 7.59. The average Bonchev–Trinajstić information content (AvgIpc) is 2.92. The molecular formula is C10H11FN2O. The Morgan fingerprint density at radius 2 is 2.21 bits per heavy atom. The molecule has 0 radical (unpaired) electrons. The summed E-state index contributed by atoms with van der Waals surface area (Å²) in [5.41, 5.74) is 5.94. The van der Waals surface area contributed by atoms with E-state index < -0.39 is 5.82 Å². The molecule has 1 fully saturated rings. The van der Waals surface area contributed by atoms with Crippen molar-refractivity contribution < 1.29 is 9.18 Å². The zero-order chi connectivity index (χ0) is 10.1. The first-order chi connectivity index (χ1) is 6.66. The van der Waals surface area contributed by atoms with Gasteiger partial charge in [-0.15, -0.1) is 0 Å². The Morgan fingerprint density at radius 3 is 2.79 bits per heavy atom. The summed E-state index contributed by atoms with van der Waals surface area (Å²) in [5, 5.41) is 2.53. The summed E-state index contributed by atoms with van der Waals surface area (Å²) >= 11 is 0. The minimum atomic E-state index is -0.487. The van der Waals surface area contributed by atoms with Crippen LogP contribution in [0.5, 0.6) is 0 Å². The Balaban J connectivity index is 2.11. The molecule has 4 heteroatoms. The van der Waals surface area contributed by atoms with E-state index in [1.54, 1.807) is 6.07 Å².